The van der Waals surface area contributed by atoms with E-state index in [2.05, 4.69) is 23.0 Å². The normalized spacial score (nSPS) is 11.7. The summed E-state index contributed by atoms with van der Waals surface area (Å²) in [6.45, 7) is 1.65. The molecule has 0 aliphatic carbocycles. The van der Waals surface area contributed by atoms with Crippen molar-refractivity contribution in [3.63, 3.8) is 0 Å². The lowest BCUT2D eigenvalue weighted by atomic mass is 10.3. The summed E-state index contributed by atoms with van der Waals surface area (Å²) in [6.07, 6.45) is 1.44. The van der Waals surface area contributed by atoms with Gasteiger partial charge in [0.25, 0.3) is 5.91 Å². The molecule has 0 spiro atoms. The second-order valence-electron chi connectivity index (χ2n) is 5.05. The quantitative estimate of drug-likeness (QED) is 0.535. The Hall–Kier alpha value is -2.62. The van der Waals surface area contributed by atoms with E-state index in [-0.39, 0.29) is 30.5 Å². The molecule has 0 saturated carbocycles. The largest absolute Gasteiger partial charge is 0.468 e. The Morgan fingerprint density at radius 2 is 2.12 bits per heavy atom. The van der Waals surface area contributed by atoms with Crippen LogP contribution in [0.1, 0.15) is 17.4 Å². The van der Waals surface area contributed by atoms with Gasteiger partial charge in [0.1, 0.15) is 17.6 Å². The van der Waals surface area contributed by atoms with Gasteiger partial charge in [0.2, 0.25) is 0 Å². The predicted molar refractivity (Wildman–Crippen MR) is 91.0 cm³/mol. The highest BCUT2D eigenvalue weighted by Crippen LogP contribution is 2.17. The van der Waals surface area contributed by atoms with E-state index in [0.717, 1.165) is 12.1 Å². The second kappa shape index (κ2) is 9.18. The third-order valence-corrected chi connectivity index (χ3v) is 3.54. The van der Waals surface area contributed by atoms with E-state index in [1.165, 1.54) is 16.9 Å². The molecule has 1 heterocycles. The van der Waals surface area contributed by atoms with Crippen LogP contribution < -0.4 is 10.1 Å². The Labute approximate surface area is 153 Å². The zero-order valence-electron chi connectivity index (χ0n) is 13.8. The summed E-state index contributed by atoms with van der Waals surface area (Å²) < 4.78 is 37.6. The maximum atomic E-state index is 13.5. The summed E-state index contributed by atoms with van der Waals surface area (Å²) in [5.74, 6) is -2.83. The molecular formula is C16H17F2N3O4S. The van der Waals surface area contributed by atoms with Crippen LogP contribution in [0.25, 0.3) is 0 Å². The SMILES string of the molecule is CCOC(=O)[C@H](CS)NC(=O)c1ccn(COc2ccc(F)cc2F)n1. The summed E-state index contributed by atoms with van der Waals surface area (Å²) in [5.41, 5.74) is 0.0317. The molecule has 0 fully saturated rings. The van der Waals surface area contributed by atoms with Crippen LogP contribution in [0.3, 0.4) is 0 Å². The lowest BCUT2D eigenvalue weighted by molar-refractivity contribution is -0.144. The minimum Gasteiger partial charge on any atom is -0.468 e. The first kappa shape index (κ1) is 19.7. The van der Waals surface area contributed by atoms with Crippen molar-refractivity contribution in [2.24, 2.45) is 0 Å². The lowest BCUT2D eigenvalue weighted by Gasteiger charge is -2.14. The number of amides is 1. The summed E-state index contributed by atoms with van der Waals surface area (Å²) in [5, 5.41) is 6.43. The van der Waals surface area contributed by atoms with E-state index >= 15 is 0 Å². The molecular weight excluding hydrogens is 368 g/mol. The number of esters is 1. The third kappa shape index (κ3) is 5.19. The van der Waals surface area contributed by atoms with Crippen molar-refractivity contribution in [1.29, 1.82) is 0 Å². The van der Waals surface area contributed by atoms with Crippen LogP contribution in [-0.2, 0) is 16.3 Å². The zero-order chi connectivity index (χ0) is 19.1. The fourth-order valence-corrected chi connectivity index (χ4v) is 2.18. The summed E-state index contributed by atoms with van der Waals surface area (Å²) in [4.78, 5) is 23.8. The smallest absolute Gasteiger partial charge is 0.329 e. The van der Waals surface area contributed by atoms with Crippen LogP contribution in [0.15, 0.2) is 30.5 Å². The van der Waals surface area contributed by atoms with Crippen molar-refractivity contribution in [3.05, 3.63) is 47.8 Å². The number of thiol groups is 1. The highest BCUT2D eigenvalue weighted by atomic mass is 32.1. The number of benzene rings is 1. The van der Waals surface area contributed by atoms with Crippen LogP contribution in [0.5, 0.6) is 5.75 Å². The Kier molecular flexibility index (Phi) is 6.96. The van der Waals surface area contributed by atoms with Gasteiger partial charge in [-0.3, -0.25) is 4.79 Å². The maximum Gasteiger partial charge on any atom is 0.329 e. The van der Waals surface area contributed by atoms with E-state index in [4.69, 9.17) is 9.47 Å². The van der Waals surface area contributed by atoms with Gasteiger partial charge in [0.05, 0.1) is 6.61 Å². The topological polar surface area (TPSA) is 82.5 Å². The number of halogens is 2. The first-order valence-corrected chi connectivity index (χ1v) is 8.27. The summed E-state index contributed by atoms with van der Waals surface area (Å²) in [7, 11) is 0. The van der Waals surface area contributed by atoms with E-state index in [1.54, 1.807) is 6.92 Å². The summed E-state index contributed by atoms with van der Waals surface area (Å²) >= 11 is 4.01. The first-order chi connectivity index (χ1) is 12.4. The Balaban J connectivity index is 1.95. The number of ether oxygens (including phenoxy) is 2. The van der Waals surface area contributed by atoms with Crippen molar-refractivity contribution in [3.8, 4) is 5.75 Å². The number of rotatable bonds is 8. The average Bonchev–Trinajstić information content (AvgIpc) is 3.08. The Bertz CT molecular complexity index is 785. The van der Waals surface area contributed by atoms with Crippen LogP contribution >= 0.6 is 12.6 Å². The van der Waals surface area contributed by atoms with Gasteiger partial charge in [-0.1, -0.05) is 0 Å². The number of aromatic nitrogens is 2. The molecule has 26 heavy (non-hydrogen) atoms. The molecule has 140 valence electrons. The van der Waals surface area contributed by atoms with Crippen molar-refractivity contribution < 1.29 is 27.8 Å². The van der Waals surface area contributed by atoms with Gasteiger partial charge in [0.15, 0.2) is 18.3 Å². The third-order valence-electron chi connectivity index (χ3n) is 3.18. The highest BCUT2D eigenvalue weighted by Gasteiger charge is 2.22. The number of hydrogen-bond acceptors (Lipinski definition) is 6. The fourth-order valence-electron chi connectivity index (χ4n) is 1.94. The van der Waals surface area contributed by atoms with Gasteiger partial charge >= 0.3 is 5.97 Å². The molecule has 0 unspecified atom stereocenters. The van der Waals surface area contributed by atoms with Gasteiger partial charge in [-0.05, 0) is 25.1 Å². The number of carbonyl (C=O) groups is 2. The molecule has 1 aromatic heterocycles. The van der Waals surface area contributed by atoms with Crippen molar-refractivity contribution in [2.45, 2.75) is 19.7 Å². The first-order valence-electron chi connectivity index (χ1n) is 7.64. The van der Waals surface area contributed by atoms with E-state index in [0.29, 0.717) is 6.07 Å². The fraction of sp³-hybridized carbons (Fsp3) is 0.312. The predicted octanol–water partition coefficient (Wildman–Crippen LogP) is 1.79. The molecule has 0 bridgehead atoms. The molecule has 1 N–H and O–H groups in total. The van der Waals surface area contributed by atoms with Crippen LogP contribution in [0.4, 0.5) is 8.78 Å². The highest BCUT2D eigenvalue weighted by molar-refractivity contribution is 7.80. The molecule has 2 rings (SSSR count). The lowest BCUT2D eigenvalue weighted by Crippen LogP contribution is -2.43. The maximum absolute atomic E-state index is 13.5. The van der Waals surface area contributed by atoms with Crippen LogP contribution in [0, 0.1) is 11.6 Å². The molecule has 2 aromatic rings. The summed E-state index contributed by atoms with van der Waals surface area (Å²) in [6, 6.07) is 3.41. The van der Waals surface area contributed by atoms with Gasteiger partial charge in [-0.2, -0.15) is 17.7 Å². The number of carbonyl (C=O) groups excluding carboxylic acids is 2. The standard InChI is InChI=1S/C16H17F2N3O4S/c1-2-24-16(23)13(8-26)19-15(22)12-5-6-21(20-12)9-25-14-4-3-10(17)7-11(14)18/h3-7,13,26H,2,8-9H2,1H3,(H,19,22)/t13-/m0/s1. The zero-order valence-corrected chi connectivity index (χ0v) is 14.7. The van der Waals surface area contributed by atoms with Crippen molar-refractivity contribution in [1.82, 2.24) is 15.1 Å². The monoisotopic (exact) mass is 385 g/mol. The number of nitrogens with zero attached hydrogens (tertiary/aromatic N) is 2. The van der Waals surface area contributed by atoms with Crippen molar-refractivity contribution >= 4 is 24.5 Å². The number of nitrogens with one attached hydrogen (secondary N) is 1. The van der Waals surface area contributed by atoms with Crippen molar-refractivity contribution in [2.75, 3.05) is 12.4 Å². The minimum absolute atomic E-state index is 0.0317. The Morgan fingerprint density at radius 1 is 1.35 bits per heavy atom. The van der Waals surface area contributed by atoms with Gasteiger partial charge in [-0.15, -0.1) is 0 Å². The molecule has 0 radical (unpaired) electrons. The molecule has 1 amide bonds. The van der Waals surface area contributed by atoms with Crippen LogP contribution in [-0.4, -0.2) is 40.1 Å². The van der Waals surface area contributed by atoms with Crippen LogP contribution in [0.2, 0.25) is 0 Å². The van der Waals surface area contributed by atoms with Gasteiger partial charge in [-0.25, -0.2) is 18.3 Å². The average molecular weight is 385 g/mol. The van der Waals surface area contributed by atoms with E-state index in [1.807, 2.05) is 0 Å². The molecule has 7 nitrogen and oxygen atoms in total. The molecule has 0 saturated heterocycles. The van der Waals surface area contributed by atoms with Gasteiger partial charge in [0, 0.05) is 18.0 Å². The molecule has 1 atom stereocenters. The second-order valence-corrected chi connectivity index (χ2v) is 5.41. The molecule has 0 aliphatic rings. The van der Waals surface area contributed by atoms with E-state index in [9.17, 15) is 18.4 Å². The molecule has 10 heteroatoms. The molecule has 0 aliphatic heterocycles. The minimum atomic E-state index is -0.902. The van der Waals surface area contributed by atoms with E-state index < -0.39 is 29.6 Å². The number of hydrogen-bond donors (Lipinski definition) is 2. The molecule has 1 aromatic carbocycles. The Morgan fingerprint density at radius 3 is 2.77 bits per heavy atom. The van der Waals surface area contributed by atoms with Gasteiger partial charge < -0.3 is 14.8 Å².